The molecule has 2 aromatic carbocycles. The van der Waals surface area contributed by atoms with Crippen LogP contribution in [0.2, 0.25) is 0 Å². The molecule has 150 valence electrons. The highest BCUT2D eigenvalue weighted by molar-refractivity contribution is 6.01. The van der Waals surface area contributed by atoms with E-state index >= 15 is 0 Å². The van der Waals surface area contributed by atoms with Crippen molar-refractivity contribution in [1.82, 2.24) is 5.16 Å². The second-order valence-corrected chi connectivity index (χ2v) is 7.33. The number of hydrogen-bond acceptors (Lipinski definition) is 6. The summed E-state index contributed by atoms with van der Waals surface area (Å²) in [6.07, 6.45) is 1.25. The van der Waals surface area contributed by atoms with Crippen LogP contribution in [0.5, 0.6) is 5.75 Å². The van der Waals surface area contributed by atoms with Gasteiger partial charge >= 0.3 is 5.63 Å². The lowest BCUT2D eigenvalue weighted by molar-refractivity contribution is -0.118. The molecule has 1 saturated carbocycles. The van der Waals surface area contributed by atoms with Crippen molar-refractivity contribution >= 4 is 22.6 Å². The number of ether oxygens (including phenoxy) is 1. The fourth-order valence-corrected chi connectivity index (χ4v) is 3.53. The van der Waals surface area contributed by atoms with Crippen molar-refractivity contribution in [2.24, 2.45) is 0 Å². The molecule has 2 aromatic heterocycles. The maximum Gasteiger partial charge on any atom is 0.360 e. The lowest BCUT2D eigenvalue weighted by Gasteiger charge is -2.12. The first-order valence-corrected chi connectivity index (χ1v) is 9.55. The molecule has 1 aliphatic carbocycles. The van der Waals surface area contributed by atoms with Gasteiger partial charge < -0.3 is 19.0 Å². The van der Waals surface area contributed by atoms with Crippen LogP contribution in [-0.2, 0) is 10.2 Å². The summed E-state index contributed by atoms with van der Waals surface area (Å²) in [6.45, 7) is 0. The number of methoxy groups -OCH3 is 1. The highest BCUT2D eigenvalue weighted by Crippen LogP contribution is 2.49. The molecule has 1 aliphatic rings. The number of nitrogens with one attached hydrogen (secondary N) is 1. The van der Waals surface area contributed by atoms with Crippen LogP contribution in [0.15, 0.2) is 74.4 Å². The third-order valence-electron chi connectivity index (χ3n) is 5.43. The molecule has 0 spiro atoms. The number of para-hydroxylation sites is 1. The zero-order valence-corrected chi connectivity index (χ0v) is 16.2. The van der Waals surface area contributed by atoms with Crippen LogP contribution in [0.1, 0.15) is 18.5 Å². The van der Waals surface area contributed by atoms with Gasteiger partial charge in [-0.25, -0.2) is 4.79 Å². The fraction of sp³-hybridized carbons (Fsp3) is 0.174. The molecule has 0 atom stereocenters. The van der Waals surface area contributed by atoms with Gasteiger partial charge in [-0.2, -0.15) is 0 Å². The van der Waals surface area contributed by atoms with Crippen LogP contribution in [0.4, 0.5) is 5.69 Å². The highest BCUT2D eigenvalue weighted by atomic mass is 16.5. The van der Waals surface area contributed by atoms with Gasteiger partial charge in [0.25, 0.3) is 0 Å². The summed E-state index contributed by atoms with van der Waals surface area (Å²) in [5.41, 5.74) is 0.540. The number of fused-ring (bicyclic) bond motifs is 1. The Morgan fingerprint density at radius 2 is 1.93 bits per heavy atom. The van der Waals surface area contributed by atoms with Gasteiger partial charge in [0, 0.05) is 17.0 Å². The van der Waals surface area contributed by atoms with E-state index in [-0.39, 0.29) is 11.6 Å². The standard InChI is InChI=1S/C23H18N2O5/c1-28-16-7-4-6-14(11-16)19-13-20(25-30-19)23(9-10-23)22(27)24-17-12-15-5-2-3-8-18(15)29-21(17)26/h2-8,11-13H,9-10H2,1H3,(H,24,27). The van der Waals surface area contributed by atoms with Gasteiger partial charge in [-0.05, 0) is 37.1 Å². The number of benzene rings is 2. The summed E-state index contributed by atoms with van der Waals surface area (Å²) in [5.74, 6) is 0.955. The van der Waals surface area contributed by atoms with E-state index in [9.17, 15) is 9.59 Å². The molecule has 4 aromatic rings. The number of hydrogen-bond donors (Lipinski definition) is 1. The maximum absolute atomic E-state index is 13.0. The molecule has 5 rings (SSSR count). The van der Waals surface area contributed by atoms with Crippen molar-refractivity contribution in [2.45, 2.75) is 18.3 Å². The molecule has 0 saturated heterocycles. The molecule has 1 N–H and O–H groups in total. The van der Waals surface area contributed by atoms with Crippen LogP contribution in [-0.4, -0.2) is 18.2 Å². The molecule has 0 bridgehead atoms. The van der Waals surface area contributed by atoms with Gasteiger partial charge in [-0.3, -0.25) is 4.79 Å². The number of carbonyl (C=O) groups excluding carboxylic acids is 1. The maximum atomic E-state index is 13.0. The lowest BCUT2D eigenvalue weighted by atomic mass is 10.00. The molecule has 2 heterocycles. The average Bonchev–Trinajstić information content (AvgIpc) is 3.44. The molecule has 1 fully saturated rings. The van der Waals surface area contributed by atoms with E-state index in [1.807, 2.05) is 36.4 Å². The molecule has 0 radical (unpaired) electrons. The second kappa shape index (κ2) is 6.88. The number of amides is 1. The highest BCUT2D eigenvalue weighted by Gasteiger charge is 2.54. The van der Waals surface area contributed by atoms with Gasteiger partial charge in [-0.15, -0.1) is 0 Å². The lowest BCUT2D eigenvalue weighted by Crippen LogP contribution is -2.30. The third kappa shape index (κ3) is 3.04. The zero-order chi connectivity index (χ0) is 20.7. The Balaban J connectivity index is 1.42. The largest absolute Gasteiger partial charge is 0.497 e. The number of aromatic nitrogens is 1. The second-order valence-electron chi connectivity index (χ2n) is 7.33. The number of rotatable bonds is 5. The van der Waals surface area contributed by atoms with E-state index in [1.54, 1.807) is 31.4 Å². The Morgan fingerprint density at radius 3 is 2.73 bits per heavy atom. The predicted molar refractivity (Wildman–Crippen MR) is 111 cm³/mol. The van der Waals surface area contributed by atoms with Crippen LogP contribution < -0.4 is 15.7 Å². The molecular formula is C23H18N2O5. The smallest absolute Gasteiger partial charge is 0.360 e. The summed E-state index contributed by atoms with van der Waals surface area (Å²) in [4.78, 5) is 25.3. The Morgan fingerprint density at radius 1 is 1.10 bits per heavy atom. The summed E-state index contributed by atoms with van der Waals surface area (Å²) >= 11 is 0. The van der Waals surface area contributed by atoms with E-state index in [2.05, 4.69) is 10.5 Å². The fourth-order valence-electron chi connectivity index (χ4n) is 3.53. The summed E-state index contributed by atoms with van der Waals surface area (Å²) in [5, 5.41) is 7.60. The Kier molecular flexibility index (Phi) is 4.17. The van der Waals surface area contributed by atoms with E-state index in [0.29, 0.717) is 35.6 Å². The van der Waals surface area contributed by atoms with Crippen molar-refractivity contribution < 1.29 is 18.5 Å². The third-order valence-corrected chi connectivity index (χ3v) is 5.43. The minimum Gasteiger partial charge on any atom is -0.497 e. The van der Waals surface area contributed by atoms with Crippen LogP contribution in [0.3, 0.4) is 0 Å². The minimum absolute atomic E-state index is 0.112. The van der Waals surface area contributed by atoms with Crippen molar-refractivity contribution in [3.8, 4) is 17.1 Å². The molecular weight excluding hydrogens is 384 g/mol. The topological polar surface area (TPSA) is 94.6 Å². The van der Waals surface area contributed by atoms with Crippen LogP contribution in [0.25, 0.3) is 22.3 Å². The molecule has 0 unspecified atom stereocenters. The van der Waals surface area contributed by atoms with Gasteiger partial charge in [0.2, 0.25) is 5.91 Å². The first kappa shape index (κ1) is 18.2. The van der Waals surface area contributed by atoms with E-state index in [1.165, 1.54) is 0 Å². The summed E-state index contributed by atoms with van der Waals surface area (Å²) < 4.78 is 16.0. The van der Waals surface area contributed by atoms with Crippen molar-refractivity contribution in [1.29, 1.82) is 0 Å². The Labute approximate surface area is 171 Å². The van der Waals surface area contributed by atoms with E-state index in [4.69, 9.17) is 13.7 Å². The van der Waals surface area contributed by atoms with Crippen molar-refractivity contribution in [3.05, 3.63) is 76.8 Å². The average molecular weight is 402 g/mol. The van der Waals surface area contributed by atoms with Crippen molar-refractivity contribution in [3.63, 3.8) is 0 Å². The van der Waals surface area contributed by atoms with Gasteiger partial charge in [0.05, 0.1) is 18.2 Å². The number of nitrogens with zero attached hydrogens (tertiary/aromatic N) is 1. The van der Waals surface area contributed by atoms with E-state index < -0.39 is 11.0 Å². The van der Waals surface area contributed by atoms with Crippen LogP contribution >= 0.6 is 0 Å². The summed E-state index contributed by atoms with van der Waals surface area (Å²) in [6, 6.07) is 18.0. The monoisotopic (exact) mass is 402 g/mol. The number of carbonyl (C=O) groups is 1. The normalized spacial score (nSPS) is 14.4. The zero-order valence-electron chi connectivity index (χ0n) is 16.2. The SMILES string of the molecule is COc1cccc(-c2cc(C3(C(=O)Nc4cc5ccccc5oc4=O)CC3)no2)c1. The van der Waals surface area contributed by atoms with Gasteiger partial charge in [0.1, 0.15) is 17.0 Å². The molecule has 7 nitrogen and oxygen atoms in total. The molecule has 7 heteroatoms. The first-order chi connectivity index (χ1) is 14.6. The molecule has 0 aliphatic heterocycles. The first-order valence-electron chi connectivity index (χ1n) is 9.55. The molecule has 1 amide bonds. The number of anilines is 1. The van der Waals surface area contributed by atoms with Crippen molar-refractivity contribution in [2.75, 3.05) is 12.4 Å². The quantitative estimate of drug-likeness (QED) is 0.505. The van der Waals surface area contributed by atoms with Gasteiger partial charge in [-0.1, -0.05) is 35.5 Å². The Hall–Kier alpha value is -3.87. The van der Waals surface area contributed by atoms with E-state index in [0.717, 1.165) is 10.9 Å². The van der Waals surface area contributed by atoms with Gasteiger partial charge in [0.15, 0.2) is 5.76 Å². The molecule has 30 heavy (non-hydrogen) atoms. The Bertz CT molecular complexity index is 1320. The van der Waals surface area contributed by atoms with Crippen LogP contribution in [0, 0.1) is 0 Å². The predicted octanol–water partition coefficient (Wildman–Crippen LogP) is 4.13. The minimum atomic E-state index is -0.807. The summed E-state index contributed by atoms with van der Waals surface area (Å²) in [7, 11) is 1.60.